The number of nitrogens with one attached hydrogen (secondary N) is 3. The number of carbonyl (C=O) groups excluding carboxylic acids is 3. The van der Waals surface area contributed by atoms with Crippen molar-refractivity contribution in [1.82, 2.24) is 9.97 Å². The SMILES string of the molecule is NC(=O)C1CCN(c2nc3c(c(=O)[nH]2)[C@H](C(=O)Nc2cccc(Cl)c2Cl)CC(=O)N3)CC1. The Labute approximate surface area is 192 Å². The van der Waals surface area contributed by atoms with Gasteiger partial charge in [0.15, 0.2) is 0 Å². The van der Waals surface area contributed by atoms with Gasteiger partial charge in [0, 0.05) is 25.4 Å². The number of nitrogens with two attached hydrogens (primary N) is 1. The van der Waals surface area contributed by atoms with Crippen molar-refractivity contribution in [2.45, 2.75) is 25.2 Å². The van der Waals surface area contributed by atoms with Crippen molar-refractivity contribution in [3.05, 3.63) is 44.2 Å². The highest BCUT2D eigenvalue weighted by molar-refractivity contribution is 6.44. The summed E-state index contributed by atoms with van der Waals surface area (Å²) >= 11 is 12.1. The topological polar surface area (TPSA) is 150 Å². The predicted molar refractivity (Wildman–Crippen MR) is 120 cm³/mol. The summed E-state index contributed by atoms with van der Waals surface area (Å²) in [5.41, 5.74) is 5.18. The monoisotopic (exact) mass is 478 g/mol. The maximum atomic E-state index is 13.0. The van der Waals surface area contributed by atoms with Gasteiger partial charge in [-0.15, -0.1) is 0 Å². The van der Waals surface area contributed by atoms with E-state index in [2.05, 4.69) is 20.6 Å². The molecule has 2 aromatic rings. The standard InChI is InChI=1S/C20H20Cl2N6O4/c21-11-2-1-3-12(15(11)22)24-18(31)10-8-13(29)25-17-14(10)19(32)27-20(26-17)28-6-4-9(5-7-28)16(23)30/h1-3,9-10H,4-8H2,(H2,23,30)(H,24,31)(H2,25,26,27,29,32)/t10-/m1/s1. The van der Waals surface area contributed by atoms with Crippen LogP contribution in [-0.2, 0) is 14.4 Å². The van der Waals surface area contributed by atoms with Gasteiger partial charge in [-0.25, -0.2) is 0 Å². The van der Waals surface area contributed by atoms with Crippen LogP contribution >= 0.6 is 23.2 Å². The number of primary amides is 1. The Bertz CT molecular complexity index is 1160. The van der Waals surface area contributed by atoms with E-state index in [0.29, 0.717) is 25.9 Å². The molecule has 12 heteroatoms. The fraction of sp³-hybridized carbons (Fsp3) is 0.350. The Morgan fingerprint density at radius 1 is 1.19 bits per heavy atom. The molecule has 0 aliphatic carbocycles. The number of H-pyrrole nitrogens is 1. The second kappa shape index (κ2) is 8.79. The molecule has 3 heterocycles. The molecule has 10 nitrogen and oxygen atoms in total. The average Bonchev–Trinajstić information content (AvgIpc) is 2.76. The van der Waals surface area contributed by atoms with E-state index in [9.17, 15) is 19.2 Å². The van der Waals surface area contributed by atoms with Crippen molar-refractivity contribution in [2.24, 2.45) is 11.7 Å². The number of carbonyl (C=O) groups is 3. The molecule has 0 unspecified atom stereocenters. The van der Waals surface area contributed by atoms with Gasteiger partial charge in [0.25, 0.3) is 5.56 Å². The van der Waals surface area contributed by atoms with Crippen LogP contribution in [0.15, 0.2) is 23.0 Å². The normalized spacial score (nSPS) is 18.6. The van der Waals surface area contributed by atoms with Crippen molar-refractivity contribution in [3.63, 3.8) is 0 Å². The van der Waals surface area contributed by atoms with E-state index in [1.807, 2.05) is 4.90 Å². The number of benzene rings is 1. The molecule has 0 spiro atoms. The van der Waals surface area contributed by atoms with E-state index >= 15 is 0 Å². The summed E-state index contributed by atoms with van der Waals surface area (Å²) in [6.07, 6.45) is 0.854. The van der Waals surface area contributed by atoms with Gasteiger partial charge in [-0.1, -0.05) is 29.3 Å². The fourth-order valence-electron chi connectivity index (χ4n) is 3.93. The zero-order valence-electron chi connectivity index (χ0n) is 16.8. The second-order valence-electron chi connectivity index (χ2n) is 7.71. The minimum absolute atomic E-state index is 0.0364. The van der Waals surface area contributed by atoms with Crippen molar-refractivity contribution in [1.29, 1.82) is 0 Å². The summed E-state index contributed by atoms with van der Waals surface area (Å²) in [4.78, 5) is 58.4. The third-order valence-corrected chi connectivity index (χ3v) is 6.48. The molecular formula is C20H20Cl2N6O4. The molecule has 0 bridgehead atoms. The van der Waals surface area contributed by atoms with Crippen LogP contribution < -0.4 is 26.8 Å². The number of aromatic amines is 1. The van der Waals surface area contributed by atoms with Gasteiger partial charge in [-0.2, -0.15) is 4.98 Å². The van der Waals surface area contributed by atoms with Gasteiger partial charge in [0.1, 0.15) is 5.82 Å². The molecule has 4 rings (SSSR count). The van der Waals surface area contributed by atoms with Crippen molar-refractivity contribution in [3.8, 4) is 0 Å². The number of aromatic nitrogens is 2. The van der Waals surface area contributed by atoms with E-state index in [-0.39, 0.29) is 51.3 Å². The number of halogens is 2. The largest absolute Gasteiger partial charge is 0.369 e. The van der Waals surface area contributed by atoms with E-state index in [1.54, 1.807) is 18.2 Å². The molecule has 2 aliphatic heterocycles. The highest BCUT2D eigenvalue weighted by Crippen LogP contribution is 2.33. The van der Waals surface area contributed by atoms with Crippen LogP contribution in [0.1, 0.15) is 30.7 Å². The summed E-state index contributed by atoms with van der Waals surface area (Å²) in [5, 5.41) is 5.63. The smallest absolute Gasteiger partial charge is 0.258 e. The van der Waals surface area contributed by atoms with Crippen molar-refractivity contribution < 1.29 is 14.4 Å². The van der Waals surface area contributed by atoms with Gasteiger partial charge in [-0.05, 0) is 25.0 Å². The van der Waals surface area contributed by atoms with Crippen LogP contribution in [0.3, 0.4) is 0 Å². The van der Waals surface area contributed by atoms with Crippen LogP contribution in [-0.4, -0.2) is 40.8 Å². The summed E-state index contributed by atoms with van der Waals surface area (Å²) in [7, 11) is 0. The molecule has 1 atom stereocenters. The number of amides is 3. The van der Waals surface area contributed by atoms with Crippen molar-refractivity contribution in [2.75, 3.05) is 28.6 Å². The maximum Gasteiger partial charge on any atom is 0.258 e. The lowest BCUT2D eigenvalue weighted by molar-refractivity contribution is -0.123. The van der Waals surface area contributed by atoms with E-state index < -0.39 is 23.3 Å². The Morgan fingerprint density at radius 3 is 2.59 bits per heavy atom. The van der Waals surface area contributed by atoms with Gasteiger partial charge < -0.3 is 21.3 Å². The molecule has 0 radical (unpaired) electrons. The van der Waals surface area contributed by atoms with Gasteiger partial charge in [0.05, 0.1) is 27.2 Å². The summed E-state index contributed by atoms with van der Waals surface area (Å²) in [6, 6.07) is 4.76. The van der Waals surface area contributed by atoms with E-state index in [4.69, 9.17) is 28.9 Å². The molecule has 0 saturated carbocycles. The summed E-state index contributed by atoms with van der Waals surface area (Å²) in [5.74, 6) is -2.34. The second-order valence-corrected chi connectivity index (χ2v) is 8.50. The Morgan fingerprint density at radius 2 is 1.91 bits per heavy atom. The Balaban J connectivity index is 1.61. The molecule has 2 aliphatic rings. The first kappa shape index (κ1) is 22.1. The van der Waals surface area contributed by atoms with Crippen LogP contribution in [0.4, 0.5) is 17.5 Å². The lowest BCUT2D eigenvalue weighted by Crippen LogP contribution is -2.41. The zero-order chi connectivity index (χ0) is 23.0. The number of fused-ring (bicyclic) bond motifs is 1. The van der Waals surface area contributed by atoms with Gasteiger partial charge in [-0.3, -0.25) is 24.2 Å². The first-order chi connectivity index (χ1) is 15.2. The van der Waals surface area contributed by atoms with Crippen LogP contribution in [0.5, 0.6) is 0 Å². The molecule has 168 valence electrons. The highest BCUT2D eigenvalue weighted by atomic mass is 35.5. The maximum absolute atomic E-state index is 13.0. The molecule has 1 aromatic heterocycles. The summed E-state index contributed by atoms with van der Waals surface area (Å²) < 4.78 is 0. The number of anilines is 3. The van der Waals surface area contributed by atoms with Gasteiger partial charge in [0.2, 0.25) is 23.7 Å². The molecule has 5 N–H and O–H groups in total. The number of piperidine rings is 1. The van der Waals surface area contributed by atoms with Crippen LogP contribution in [0, 0.1) is 5.92 Å². The molecule has 32 heavy (non-hydrogen) atoms. The Kier molecular flexibility index (Phi) is 6.07. The minimum Gasteiger partial charge on any atom is -0.369 e. The van der Waals surface area contributed by atoms with Gasteiger partial charge >= 0.3 is 0 Å². The first-order valence-electron chi connectivity index (χ1n) is 9.97. The first-order valence-corrected chi connectivity index (χ1v) is 10.7. The summed E-state index contributed by atoms with van der Waals surface area (Å²) in [6.45, 7) is 0.945. The Hall–Kier alpha value is -3.11. The van der Waals surface area contributed by atoms with Crippen LogP contribution in [0.25, 0.3) is 0 Å². The molecule has 1 saturated heterocycles. The fourth-order valence-corrected chi connectivity index (χ4v) is 4.28. The minimum atomic E-state index is -1.06. The number of hydrogen-bond acceptors (Lipinski definition) is 6. The lowest BCUT2D eigenvalue weighted by atomic mass is 9.92. The quantitative estimate of drug-likeness (QED) is 0.526. The molecule has 3 amide bonds. The average molecular weight is 479 g/mol. The van der Waals surface area contributed by atoms with E-state index in [1.165, 1.54) is 0 Å². The third kappa shape index (κ3) is 4.28. The lowest BCUT2D eigenvalue weighted by Gasteiger charge is -2.32. The van der Waals surface area contributed by atoms with Crippen LogP contribution in [0.2, 0.25) is 10.0 Å². The highest BCUT2D eigenvalue weighted by Gasteiger charge is 2.36. The molecular weight excluding hydrogens is 459 g/mol. The third-order valence-electron chi connectivity index (χ3n) is 5.66. The number of rotatable bonds is 4. The number of hydrogen-bond donors (Lipinski definition) is 4. The van der Waals surface area contributed by atoms with E-state index in [0.717, 1.165) is 0 Å². The molecule has 1 fully saturated rings. The molecule has 1 aromatic carbocycles. The zero-order valence-corrected chi connectivity index (χ0v) is 18.3. The predicted octanol–water partition coefficient (Wildman–Crippen LogP) is 1.84. The number of nitrogens with zero attached hydrogens (tertiary/aromatic N) is 2. The van der Waals surface area contributed by atoms with Crippen molar-refractivity contribution >= 4 is 58.4 Å².